The highest BCUT2D eigenvalue weighted by molar-refractivity contribution is 7.10. The average molecular weight is 389 g/mol. The Labute approximate surface area is 163 Å². The van der Waals surface area contributed by atoms with Gasteiger partial charge in [0.1, 0.15) is 5.82 Å². The smallest absolute Gasteiger partial charge is 0.234 e. The number of benzene rings is 1. The van der Waals surface area contributed by atoms with Gasteiger partial charge in [-0.2, -0.15) is 0 Å². The number of hydrogen-bond donors (Lipinski definition) is 1. The van der Waals surface area contributed by atoms with Gasteiger partial charge < -0.3 is 10.1 Å². The molecule has 27 heavy (non-hydrogen) atoms. The molecule has 1 aliphatic heterocycles. The van der Waals surface area contributed by atoms with Crippen molar-refractivity contribution in [3.63, 3.8) is 0 Å². The van der Waals surface area contributed by atoms with Crippen molar-refractivity contribution in [2.75, 3.05) is 19.7 Å². The number of ether oxygens (including phenoxy) is 1. The van der Waals surface area contributed by atoms with Crippen LogP contribution in [-0.4, -0.2) is 42.6 Å². The van der Waals surface area contributed by atoms with Crippen LogP contribution in [0.2, 0.25) is 0 Å². The Morgan fingerprint density at radius 2 is 2.07 bits per heavy atom. The summed E-state index contributed by atoms with van der Waals surface area (Å²) in [5.74, 6) is -0.268. The lowest BCUT2D eigenvalue weighted by molar-refractivity contribution is -0.129. The van der Waals surface area contributed by atoms with Crippen LogP contribution < -0.4 is 5.32 Å². The highest BCUT2D eigenvalue weighted by Gasteiger charge is 2.35. The maximum atomic E-state index is 13.3. The van der Waals surface area contributed by atoms with Gasteiger partial charge in [0.05, 0.1) is 25.3 Å². The van der Waals surface area contributed by atoms with Gasteiger partial charge in [-0.1, -0.05) is 31.0 Å². The second-order valence-corrected chi connectivity index (χ2v) is 8.28. The summed E-state index contributed by atoms with van der Waals surface area (Å²) in [6.45, 7) is 1.88. The van der Waals surface area contributed by atoms with Crippen molar-refractivity contribution in [1.82, 2.24) is 10.2 Å². The first-order chi connectivity index (χ1) is 13.2. The molecule has 2 fully saturated rings. The number of nitrogens with one attached hydrogen (secondary N) is 1. The van der Waals surface area contributed by atoms with Crippen molar-refractivity contribution >= 4 is 17.2 Å². The molecule has 4 rings (SSSR count). The molecule has 1 amide bonds. The Kier molecular flexibility index (Phi) is 5.86. The molecule has 1 aromatic carbocycles. The van der Waals surface area contributed by atoms with E-state index < -0.39 is 0 Å². The van der Waals surface area contributed by atoms with E-state index in [9.17, 15) is 9.18 Å². The van der Waals surface area contributed by atoms with Gasteiger partial charge >= 0.3 is 0 Å². The van der Waals surface area contributed by atoms with Crippen molar-refractivity contribution < 1.29 is 13.9 Å². The number of morpholine rings is 1. The van der Waals surface area contributed by atoms with Crippen LogP contribution in [0.1, 0.15) is 42.2 Å². The number of carbonyl (C=O) groups is 1. The summed E-state index contributed by atoms with van der Waals surface area (Å²) in [5, 5.41) is 5.16. The number of fused-ring (bicyclic) bond motifs is 1. The van der Waals surface area contributed by atoms with Crippen LogP contribution in [0.25, 0.3) is 0 Å². The largest absolute Gasteiger partial charge is 0.375 e. The molecule has 1 aliphatic carbocycles. The average Bonchev–Trinajstić information content (AvgIpc) is 3.22. The van der Waals surface area contributed by atoms with Crippen LogP contribution in [0, 0.1) is 5.82 Å². The highest BCUT2D eigenvalue weighted by atomic mass is 32.1. The second-order valence-electron chi connectivity index (χ2n) is 7.30. The van der Waals surface area contributed by atoms with Gasteiger partial charge in [0.2, 0.25) is 5.91 Å². The second kappa shape index (κ2) is 8.50. The molecule has 1 N–H and O–H groups in total. The van der Waals surface area contributed by atoms with Crippen LogP contribution in [0.4, 0.5) is 4.39 Å². The molecule has 0 spiro atoms. The van der Waals surface area contributed by atoms with Crippen LogP contribution in [0.3, 0.4) is 0 Å². The SMILES string of the molecule is O=C(CN1CCO[C@@H]2CCCC[C@H]21)N[C@@H](c1ccc(F)cc1)c1cccs1. The van der Waals surface area contributed by atoms with Crippen molar-refractivity contribution in [2.45, 2.75) is 43.9 Å². The fourth-order valence-electron chi connectivity index (χ4n) is 4.19. The standard InChI is InChI=1S/C21H25FN2O2S/c22-16-9-7-15(8-10-16)21(19-6-3-13-27-19)23-20(25)14-24-11-12-26-18-5-2-1-4-17(18)24/h3,6-10,13,17-18,21H,1-2,4-5,11-12,14H2,(H,23,25)/t17-,18-,21+/m1/s1. The predicted octanol–water partition coefficient (Wildman–Crippen LogP) is 3.74. The lowest BCUT2D eigenvalue weighted by Gasteiger charge is -2.43. The molecule has 4 nitrogen and oxygen atoms in total. The lowest BCUT2D eigenvalue weighted by Crippen LogP contribution is -2.55. The molecule has 3 atom stereocenters. The van der Waals surface area contributed by atoms with Gasteiger partial charge in [-0.25, -0.2) is 4.39 Å². The minimum atomic E-state index is -0.272. The van der Waals surface area contributed by atoms with Gasteiger partial charge in [-0.3, -0.25) is 9.69 Å². The number of amides is 1. The maximum absolute atomic E-state index is 13.3. The molecule has 1 saturated carbocycles. The number of carbonyl (C=O) groups excluding carboxylic acids is 1. The van der Waals surface area contributed by atoms with Gasteiger partial charge in [-0.15, -0.1) is 11.3 Å². The lowest BCUT2D eigenvalue weighted by atomic mass is 9.90. The van der Waals surface area contributed by atoms with Crippen LogP contribution >= 0.6 is 11.3 Å². The Morgan fingerprint density at radius 1 is 1.26 bits per heavy atom. The Balaban J connectivity index is 1.46. The van der Waals surface area contributed by atoms with Gasteiger partial charge in [0.25, 0.3) is 0 Å². The van der Waals surface area contributed by atoms with Gasteiger partial charge in [0, 0.05) is 17.5 Å². The third kappa shape index (κ3) is 4.39. The molecule has 1 saturated heterocycles. The molecule has 2 aromatic rings. The Morgan fingerprint density at radius 3 is 2.85 bits per heavy atom. The van der Waals surface area contributed by atoms with Crippen LogP contribution in [0.15, 0.2) is 41.8 Å². The normalized spacial score (nSPS) is 24.2. The molecule has 2 heterocycles. The van der Waals surface area contributed by atoms with E-state index in [4.69, 9.17) is 4.74 Å². The summed E-state index contributed by atoms with van der Waals surface area (Å²) >= 11 is 1.59. The van der Waals surface area contributed by atoms with Crippen molar-refractivity contribution in [3.05, 3.63) is 58.0 Å². The zero-order chi connectivity index (χ0) is 18.6. The predicted molar refractivity (Wildman–Crippen MR) is 104 cm³/mol. The summed E-state index contributed by atoms with van der Waals surface area (Å²) in [6, 6.07) is 10.4. The number of thiophene rings is 1. The Hall–Kier alpha value is -1.76. The molecule has 0 bridgehead atoms. The first kappa shape index (κ1) is 18.6. The zero-order valence-electron chi connectivity index (χ0n) is 15.3. The van der Waals surface area contributed by atoms with E-state index in [1.807, 2.05) is 17.5 Å². The fraction of sp³-hybridized carbons (Fsp3) is 0.476. The maximum Gasteiger partial charge on any atom is 0.234 e. The summed E-state index contributed by atoms with van der Waals surface area (Å²) in [7, 11) is 0. The molecule has 0 unspecified atom stereocenters. The van der Waals surface area contributed by atoms with E-state index in [2.05, 4.69) is 10.2 Å². The molecule has 144 valence electrons. The molecule has 1 aromatic heterocycles. The highest BCUT2D eigenvalue weighted by Crippen LogP contribution is 2.29. The number of halogens is 1. The fourth-order valence-corrected chi connectivity index (χ4v) is 5.00. The van der Waals surface area contributed by atoms with E-state index in [1.54, 1.807) is 23.5 Å². The van der Waals surface area contributed by atoms with E-state index >= 15 is 0 Å². The molecule has 2 aliphatic rings. The van der Waals surface area contributed by atoms with E-state index in [0.717, 1.165) is 29.8 Å². The first-order valence-electron chi connectivity index (χ1n) is 9.64. The van der Waals surface area contributed by atoms with Gasteiger partial charge in [-0.05, 0) is 42.0 Å². The summed E-state index contributed by atoms with van der Waals surface area (Å²) < 4.78 is 19.2. The van der Waals surface area contributed by atoms with Crippen LogP contribution in [0.5, 0.6) is 0 Å². The molecule has 0 radical (unpaired) electrons. The third-order valence-electron chi connectivity index (χ3n) is 5.53. The number of rotatable bonds is 5. The molecular formula is C21H25FN2O2S. The Bertz CT molecular complexity index is 748. The van der Waals surface area contributed by atoms with Gasteiger partial charge in [0.15, 0.2) is 0 Å². The van der Waals surface area contributed by atoms with E-state index in [0.29, 0.717) is 19.2 Å². The third-order valence-corrected chi connectivity index (χ3v) is 6.47. The summed E-state index contributed by atoms with van der Waals surface area (Å²) in [5.41, 5.74) is 0.893. The molecule has 6 heteroatoms. The summed E-state index contributed by atoms with van der Waals surface area (Å²) in [6.07, 6.45) is 4.88. The minimum Gasteiger partial charge on any atom is -0.375 e. The monoisotopic (exact) mass is 388 g/mol. The number of nitrogens with zero attached hydrogens (tertiary/aromatic N) is 1. The van der Waals surface area contributed by atoms with E-state index in [-0.39, 0.29) is 23.9 Å². The quantitative estimate of drug-likeness (QED) is 0.849. The van der Waals surface area contributed by atoms with Crippen LogP contribution in [-0.2, 0) is 9.53 Å². The van der Waals surface area contributed by atoms with E-state index in [1.165, 1.54) is 25.0 Å². The number of hydrogen-bond acceptors (Lipinski definition) is 4. The van der Waals surface area contributed by atoms with Crippen molar-refractivity contribution in [3.8, 4) is 0 Å². The first-order valence-corrected chi connectivity index (χ1v) is 10.5. The summed E-state index contributed by atoms with van der Waals surface area (Å²) in [4.78, 5) is 16.2. The topological polar surface area (TPSA) is 41.6 Å². The zero-order valence-corrected chi connectivity index (χ0v) is 16.1. The van der Waals surface area contributed by atoms with Crippen molar-refractivity contribution in [1.29, 1.82) is 0 Å². The minimum absolute atomic E-state index is 0.00366. The molecular weight excluding hydrogens is 363 g/mol. The van der Waals surface area contributed by atoms with Crippen molar-refractivity contribution in [2.24, 2.45) is 0 Å².